The third kappa shape index (κ3) is 4.32. The molecule has 1 N–H and O–H groups in total. The molecule has 3 rings (SSSR count). The number of nitrogens with zero attached hydrogens (tertiary/aromatic N) is 4. The standard InChI is InChI=1S/C17H16ClN5O3S/c1-4-26-16(24)15-22-23-17(27-15)21-12-7-19-9(2)5-10(12)11-6-14(18)20-8-13(11)25-3/h5-8H,4H2,1-3H3,(H,21,23). The first kappa shape index (κ1) is 19.0. The van der Waals surface area contributed by atoms with Gasteiger partial charge < -0.3 is 14.8 Å². The average molecular weight is 406 g/mol. The van der Waals surface area contributed by atoms with E-state index in [1.165, 1.54) is 0 Å². The van der Waals surface area contributed by atoms with Gasteiger partial charge in [0.2, 0.25) is 10.1 Å². The van der Waals surface area contributed by atoms with Gasteiger partial charge in [-0.1, -0.05) is 22.9 Å². The number of rotatable bonds is 6. The van der Waals surface area contributed by atoms with Crippen LogP contribution in [0.3, 0.4) is 0 Å². The van der Waals surface area contributed by atoms with Crippen LogP contribution >= 0.6 is 22.9 Å². The zero-order valence-electron chi connectivity index (χ0n) is 14.8. The van der Waals surface area contributed by atoms with E-state index in [2.05, 4.69) is 25.5 Å². The van der Waals surface area contributed by atoms with Crippen molar-refractivity contribution in [1.29, 1.82) is 0 Å². The number of hydrogen-bond acceptors (Lipinski definition) is 9. The highest BCUT2D eigenvalue weighted by molar-refractivity contribution is 7.17. The maximum atomic E-state index is 11.8. The lowest BCUT2D eigenvalue weighted by molar-refractivity contribution is 0.0525. The third-order valence-corrected chi connectivity index (χ3v) is 4.53. The zero-order chi connectivity index (χ0) is 19.4. The van der Waals surface area contributed by atoms with Gasteiger partial charge in [0.05, 0.1) is 31.8 Å². The van der Waals surface area contributed by atoms with E-state index in [0.29, 0.717) is 21.7 Å². The van der Waals surface area contributed by atoms with E-state index in [0.717, 1.165) is 28.2 Å². The number of aromatic nitrogens is 4. The number of aryl methyl sites for hydroxylation is 1. The van der Waals surface area contributed by atoms with Gasteiger partial charge in [-0.2, -0.15) is 0 Å². The molecule has 0 saturated heterocycles. The van der Waals surface area contributed by atoms with Crippen molar-refractivity contribution in [1.82, 2.24) is 20.2 Å². The van der Waals surface area contributed by atoms with Gasteiger partial charge in [-0.25, -0.2) is 9.78 Å². The van der Waals surface area contributed by atoms with Crippen molar-refractivity contribution < 1.29 is 14.3 Å². The molecule has 0 aliphatic rings. The number of nitrogens with one attached hydrogen (secondary N) is 1. The summed E-state index contributed by atoms with van der Waals surface area (Å²) in [6.45, 7) is 3.89. The van der Waals surface area contributed by atoms with Gasteiger partial charge in [0.1, 0.15) is 10.9 Å². The minimum atomic E-state index is -0.507. The fraction of sp³-hybridized carbons (Fsp3) is 0.235. The molecule has 0 fully saturated rings. The maximum Gasteiger partial charge on any atom is 0.369 e. The van der Waals surface area contributed by atoms with Gasteiger partial charge in [0.25, 0.3) is 0 Å². The SMILES string of the molecule is CCOC(=O)c1nnc(Nc2cnc(C)cc2-c2cc(Cl)ncc2OC)s1. The van der Waals surface area contributed by atoms with Crippen molar-refractivity contribution in [3.8, 4) is 16.9 Å². The number of pyridine rings is 2. The second kappa shape index (κ2) is 8.28. The van der Waals surface area contributed by atoms with E-state index < -0.39 is 5.97 Å². The first-order chi connectivity index (χ1) is 13.0. The Hall–Kier alpha value is -2.78. The Morgan fingerprint density at radius 2 is 2.04 bits per heavy atom. The van der Waals surface area contributed by atoms with Gasteiger partial charge in [-0.3, -0.25) is 4.98 Å². The van der Waals surface area contributed by atoms with Gasteiger partial charge in [-0.15, -0.1) is 10.2 Å². The number of anilines is 2. The summed E-state index contributed by atoms with van der Waals surface area (Å²) in [6, 6.07) is 3.61. The first-order valence-corrected chi connectivity index (χ1v) is 9.15. The molecule has 27 heavy (non-hydrogen) atoms. The van der Waals surface area contributed by atoms with Crippen LogP contribution in [0.15, 0.2) is 24.5 Å². The van der Waals surface area contributed by atoms with E-state index in [9.17, 15) is 4.79 Å². The van der Waals surface area contributed by atoms with Crippen molar-refractivity contribution in [3.05, 3.63) is 40.4 Å². The van der Waals surface area contributed by atoms with Gasteiger partial charge in [0.15, 0.2) is 0 Å². The molecule has 0 amide bonds. The van der Waals surface area contributed by atoms with E-state index in [1.54, 1.807) is 32.5 Å². The lowest BCUT2D eigenvalue weighted by atomic mass is 10.0. The molecule has 0 radical (unpaired) electrons. The molecule has 0 saturated carbocycles. The number of carbonyl (C=O) groups excluding carboxylic acids is 1. The highest BCUT2D eigenvalue weighted by Crippen LogP contribution is 2.37. The van der Waals surface area contributed by atoms with E-state index in [4.69, 9.17) is 21.1 Å². The quantitative estimate of drug-likeness (QED) is 0.487. The number of carbonyl (C=O) groups is 1. The van der Waals surface area contributed by atoms with Crippen molar-refractivity contribution in [3.63, 3.8) is 0 Å². The zero-order valence-corrected chi connectivity index (χ0v) is 16.4. The Bertz CT molecular complexity index is 979. The Kier molecular flexibility index (Phi) is 5.82. The van der Waals surface area contributed by atoms with Crippen LogP contribution in [0.5, 0.6) is 5.75 Å². The van der Waals surface area contributed by atoms with Gasteiger partial charge in [0, 0.05) is 16.8 Å². The predicted octanol–water partition coefficient (Wildman–Crippen LogP) is 3.89. The maximum absolute atomic E-state index is 11.8. The molecule has 3 heterocycles. The Labute approximate surface area is 164 Å². The van der Waals surface area contributed by atoms with E-state index in [1.807, 2.05) is 13.0 Å². The summed E-state index contributed by atoms with van der Waals surface area (Å²) in [5.74, 6) is 0.0606. The third-order valence-electron chi connectivity index (χ3n) is 3.50. The Morgan fingerprint density at radius 3 is 2.78 bits per heavy atom. The smallest absolute Gasteiger partial charge is 0.369 e. The van der Waals surface area contributed by atoms with Crippen LogP contribution in [0.1, 0.15) is 22.4 Å². The second-order valence-corrected chi connectivity index (χ2v) is 6.70. The Morgan fingerprint density at radius 1 is 1.22 bits per heavy atom. The number of ether oxygens (including phenoxy) is 2. The van der Waals surface area contributed by atoms with E-state index in [-0.39, 0.29) is 11.6 Å². The van der Waals surface area contributed by atoms with Crippen LogP contribution in [0, 0.1) is 6.92 Å². The normalized spacial score (nSPS) is 10.5. The van der Waals surface area contributed by atoms with Crippen molar-refractivity contribution >= 4 is 39.7 Å². The lowest BCUT2D eigenvalue weighted by Gasteiger charge is -2.13. The lowest BCUT2D eigenvalue weighted by Crippen LogP contribution is -2.03. The summed E-state index contributed by atoms with van der Waals surface area (Å²) in [5, 5.41) is 11.9. The molecule has 0 aliphatic heterocycles. The summed E-state index contributed by atoms with van der Waals surface area (Å²) >= 11 is 7.16. The summed E-state index contributed by atoms with van der Waals surface area (Å²) in [5.41, 5.74) is 3.03. The molecule has 10 heteroatoms. The molecule has 140 valence electrons. The average Bonchev–Trinajstić information content (AvgIpc) is 3.12. The summed E-state index contributed by atoms with van der Waals surface area (Å²) in [7, 11) is 1.56. The van der Waals surface area contributed by atoms with Gasteiger partial charge >= 0.3 is 5.97 Å². The van der Waals surface area contributed by atoms with Crippen LogP contribution in [-0.2, 0) is 4.74 Å². The molecule has 3 aromatic rings. The van der Waals surface area contributed by atoms with Crippen LogP contribution in [0.4, 0.5) is 10.8 Å². The molecule has 0 bridgehead atoms. The summed E-state index contributed by atoms with van der Waals surface area (Å²) < 4.78 is 10.3. The molecular formula is C17H16ClN5O3S. The van der Waals surface area contributed by atoms with Crippen molar-refractivity contribution in [2.24, 2.45) is 0 Å². The number of methoxy groups -OCH3 is 1. The van der Waals surface area contributed by atoms with Crippen LogP contribution < -0.4 is 10.1 Å². The predicted molar refractivity (Wildman–Crippen MR) is 103 cm³/mol. The highest BCUT2D eigenvalue weighted by atomic mass is 35.5. The molecular weight excluding hydrogens is 390 g/mol. The minimum absolute atomic E-state index is 0.172. The van der Waals surface area contributed by atoms with Crippen molar-refractivity contribution in [2.45, 2.75) is 13.8 Å². The monoisotopic (exact) mass is 405 g/mol. The molecule has 8 nitrogen and oxygen atoms in total. The largest absolute Gasteiger partial charge is 0.494 e. The topological polar surface area (TPSA) is 99.1 Å². The summed E-state index contributed by atoms with van der Waals surface area (Å²) in [4.78, 5) is 20.1. The molecule has 0 aromatic carbocycles. The van der Waals surface area contributed by atoms with Crippen molar-refractivity contribution in [2.75, 3.05) is 19.0 Å². The van der Waals surface area contributed by atoms with E-state index >= 15 is 0 Å². The number of esters is 1. The first-order valence-electron chi connectivity index (χ1n) is 7.96. The highest BCUT2D eigenvalue weighted by Gasteiger charge is 2.17. The molecule has 0 spiro atoms. The van der Waals surface area contributed by atoms with Gasteiger partial charge in [-0.05, 0) is 26.0 Å². The van der Waals surface area contributed by atoms with Crippen LogP contribution in [0.25, 0.3) is 11.1 Å². The number of halogens is 1. The number of hydrogen-bond donors (Lipinski definition) is 1. The summed E-state index contributed by atoms with van der Waals surface area (Å²) in [6.07, 6.45) is 3.23. The molecule has 0 unspecified atom stereocenters. The fourth-order valence-electron chi connectivity index (χ4n) is 2.34. The minimum Gasteiger partial charge on any atom is -0.494 e. The molecule has 0 aliphatic carbocycles. The Balaban J connectivity index is 1.99. The molecule has 3 aromatic heterocycles. The molecule has 0 atom stereocenters. The fourth-order valence-corrected chi connectivity index (χ4v) is 3.14. The second-order valence-electron chi connectivity index (χ2n) is 5.34. The van der Waals surface area contributed by atoms with Crippen LogP contribution in [0.2, 0.25) is 5.15 Å². The van der Waals surface area contributed by atoms with Crippen LogP contribution in [-0.4, -0.2) is 39.9 Å².